The lowest BCUT2D eigenvalue weighted by Gasteiger charge is -2.13. The zero-order valence-corrected chi connectivity index (χ0v) is 10.6. The normalized spacial score (nSPS) is 13.1. The van der Waals surface area contributed by atoms with Crippen LogP contribution in [-0.4, -0.2) is 22.2 Å². The summed E-state index contributed by atoms with van der Waals surface area (Å²) in [6, 6.07) is 8.26. The molecule has 1 atom stereocenters. The molecule has 1 aromatic carbocycles. The lowest BCUT2D eigenvalue weighted by Crippen LogP contribution is -2.15. The number of hydrogen-bond acceptors (Lipinski definition) is 2. The molecule has 84 valence electrons. The van der Waals surface area contributed by atoms with Crippen molar-refractivity contribution >= 4 is 11.8 Å². The molecule has 1 rings (SSSR count). The third-order valence-electron chi connectivity index (χ3n) is 2.34. The maximum atomic E-state index is 9.86. The predicted molar refractivity (Wildman–Crippen MR) is 68.5 cm³/mol. The third-order valence-corrected chi connectivity index (χ3v) is 3.58. The molecule has 1 unspecified atom stereocenters. The Balaban J connectivity index is 2.44. The van der Waals surface area contributed by atoms with Gasteiger partial charge in [0.05, 0.1) is 6.10 Å². The van der Waals surface area contributed by atoms with E-state index in [0.29, 0.717) is 5.25 Å². The van der Waals surface area contributed by atoms with Crippen molar-refractivity contribution < 1.29 is 5.11 Å². The molecule has 0 aliphatic carbocycles. The van der Waals surface area contributed by atoms with E-state index in [9.17, 15) is 5.11 Å². The van der Waals surface area contributed by atoms with Gasteiger partial charge in [-0.15, -0.1) is 0 Å². The van der Waals surface area contributed by atoms with Crippen LogP contribution in [0.1, 0.15) is 25.0 Å². The minimum atomic E-state index is -0.224. The second kappa shape index (κ2) is 6.19. The fourth-order valence-electron chi connectivity index (χ4n) is 1.46. The van der Waals surface area contributed by atoms with Crippen LogP contribution in [0.15, 0.2) is 24.3 Å². The fraction of sp³-hybridized carbons (Fsp3) is 0.538. The zero-order chi connectivity index (χ0) is 11.3. The third kappa shape index (κ3) is 4.72. The molecular formula is C13H20OS. The van der Waals surface area contributed by atoms with Crippen LogP contribution in [0, 0.1) is 6.92 Å². The van der Waals surface area contributed by atoms with E-state index in [2.05, 4.69) is 32.9 Å². The Hall–Kier alpha value is -0.470. The summed E-state index contributed by atoms with van der Waals surface area (Å²) in [5.74, 6) is 0.825. The van der Waals surface area contributed by atoms with E-state index < -0.39 is 0 Å². The van der Waals surface area contributed by atoms with Crippen LogP contribution in [-0.2, 0) is 6.42 Å². The van der Waals surface area contributed by atoms with Gasteiger partial charge in [0.15, 0.2) is 0 Å². The average molecular weight is 224 g/mol. The summed E-state index contributed by atoms with van der Waals surface area (Å²) < 4.78 is 0. The van der Waals surface area contributed by atoms with Gasteiger partial charge in [-0.25, -0.2) is 0 Å². The van der Waals surface area contributed by atoms with Gasteiger partial charge in [-0.05, 0) is 29.7 Å². The zero-order valence-electron chi connectivity index (χ0n) is 9.73. The Morgan fingerprint density at radius 3 is 2.53 bits per heavy atom. The van der Waals surface area contributed by atoms with Gasteiger partial charge in [-0.1, -0.05) is 38.1 Å². The molecule has 0 fully saturated rings. The molecule has 0 amide bonds. The van der Waals surface area contributed by atoms with Crippen LogP contribution in [0.2, 0.25) is 0 Å². The van der Waals surface area contributed by atoms with E-state index in [1.165, 1.54) is 11.1 Å². The topological polar surface area (TPSA) is 20.2 Å². The van der Waals surface area contributed by atoms with Gasteiger partial charge in [-0.2, -0.15) is 11.8 Å². The van der Waals surface area contributed by atoms with Crippen LogP contribution in [0.4, 0.5) is 0 Å². The van der Waals surface area contributed by atoms with Crippen molar-refractivity contribution in [3.63, 3.8) is 0 Å². The Kier molecular flexibility index (Phi) is 5.20. The molecule has 0 bridgehead atoms. The van der Waals surface area contributed by atoms with Gasteiger partial charge < -0.3 is 5.11 Å². The smallest absolute Gasteiger partial charge is 0.0671 e. The minimum absolute atomic E-state index is 0.224. The van der Waals surface area contributed by atoms with E-state index in [1.54, 1.807) is 0 Å². The van der Waals surface area contributed by atoms with Crippen molar-refractivity contribution in [1.82, 2.24) is 0 Å². The highest BCUT2D eigenvalue weighted by atomic mass is 32.2. The van der Waals surface area contributed by atoms with E-state index >= 15 is 0 Å². The molecule has 0 aliphatic heterocycles. The first kappa shape index (κ1) is 12.6. The average Bonchev–Trinajstić information content (AvgIpc) is 2.18. The minimum Gasteiger partial charge on any atom is -0.392 e. The summed E-state index contributed by atoms with van der Waals surface area (Å²) in [6.07, 6.45) is 0.547. The standard InChI is InChI=1S/C13H20OS/c1-10(2)15-9-13(14)8-12-7-5-4-6-11(12)3/h4-7,10,13-14H,8-9H2,1-3H3. The molecule has 0 saturated heterocycles. The molecule has 0 aliphatic rings. The van der Waals surface area contributed by atoms with Crippen LogP contribution in [0.5, 0.6) is 0 Å². The van der Waals surface area contributed by atoms with Crippen LogP contribution in [0.25, 0.3) is 0 Å². The number of benzene rings is 1. The second-order valence-corrected chi connectivity index (χ2v) is 5.78. The lowest BCUT2D eigenvalue weighted by atomic mass is 10.0. The van der Waals surface area contributed by atoms with Gasteiger partial charge in [0, 0.05) is 5.75 Å². The van der Waals surface area contributed by atoms with Crippen molar-refractivity contribution in [2.45, 2.75) is 38.5 Å². The highest BCUT2D eigenvalue weighted by Crippen LogP contribution is 2.15. The fourth-order valence-corrected chi connectivity index (χ4v) is 2.18. The van der Waals surface area contributed by atoms with Gasteiger partial charge in [0.2, 0.25) is 0 Å². The van der Waals surface area contributed by atoms with Crippen LogP contribution in [0.3, 0.4) is 0 Å². The van der Waals surface area contributed by atoms with Gasteiger partial charge in [0.25, 0.3) is 0 Å². The summed E-state index contributed by atoms with van der Waals surface area (Å²) in [6.45, 7) is 6.41. The Morgan fingerprint density at radius 1 is 1.27 bits per heavy atom. The first-order chi connectivity index (χ1) is 7.09. The Morgan fingerprint density at radius 2 is 1.93 bits per heavy atom. The number of aliphatic hydroxyl groups is 1. The van der Waals surface area contributed by atoms with E-state index in [4.69, 9.17) is 0 Å². The highest BCUT2D eigenvalue weighted by molar-refractivity contribution is 7.99. The van der Waals surface area contributed by atoms with Crippen molar-refractivity contribution in [3.05, 3.63) is 35.4 Å². The van der Waals surface area contributed by atoms with Crippen LogP contribution >= 0.6 is 11.8 Å². The maximum absolute atomic E-state index is 9.86. The van der Waals surface area contributed by atoms with Crippen molar-refractivity contribution in [1.29, 1.82) is 0 Å². The Labute approximate surface area is 96.9 Å². The summed E-state index contributed by atoms with van der Waals surface area (Å²) in [5.41, 5.74) is 2.53. The first-order valence-corrected chi connectivity index (χ1v) is 6.48. The molecule has 0 radical (unpaired) electrons. The number of rotatable bonds is 5. The van der Waals surface area contributed by atoms with Gasteiger partial charge in [0.1, 0.15) is 0 Å². The van der Waals surface area contributed by atoms with Crippen LogP contribution < -0.4 is 0 Å². The lowest BCUT2D eigenvalue weighted by molar-refractivity contribution is 0.200. The predicted octanol–water partition coefficient (Wildman–Crippen LogP) is 3.04. The maximum Gasteiger partial charge on any atom is 0.0671 e. The molecule has 1 N–H and O–H groups in total. The van der Waals surface area contributed by atoms with Gasteiger partial charge in [-0.3, -0.25) is 0 Å². The summed E-state index contributed by atoms with van der Waals surface area (Å²) >= 11 is 1.81. The SMILES string of the molecule is Cc1ccccc1CC(O)CSC(C)C. The molecule has 0 saturated carbocycles. The number of hydrogen-bond donors (Lipinski definition) is 1. The molecule has 2 heteroatoms. The van der Waals surface area contributed by atoms with E-state index in [-0.39, 0.29) is 6.10 Å². The quantitative estimate of drug-likeness (QED) is 0.829. The van der Waals surface area contributed by atoms with E-state index in [1.807, 2.05) is 23.9 Å². The van der Waals surface area contributed by atoms with E-state index in [0.717, 1.165) is 12.2 Å². The molecule has 0 spiro atoms. The second-order valence-electron chi connectivity index (χ2n) is 4.17. The summed E-state index contributed by atoms with van der Waals surface area (Å²) in [7, 11) is 0. The largest absolute Gasteiger partial charge is 0.392 e. The number of aliphatic hydroxyl groups excluding tert-OH is 1. The molecule has 1 nitrogen and oxygen atoms in total. The molecule has 0 aromatic heterocycles. The first-order valence-electron chi connectivity index (χ1n) is 5.43. The molecule has 15 heavy (non-hydrogen) atoms. The summed E-state index contributed by atoms with van der Waals surface area (Å²) in [4.78, 5) is 0. The van der Waals surface area contributed by atoms with Crippen molar-refractivity contribution in [2.24, 2.45) is 0 Å². The molecular weight excluding hydrogens is 204 g/mol. The summed E-state index contributed by atoms with van der Waals surface area (Å²) in [5, 5.41) is 10.4. The van der Waals surface area contributed by atoms with Gasteiger partial charge >= 0.3 is 0 Å². The molecule has 1 aromatic rings. The Bertz CT molecular complexity index is 296. The van der Waals surface area contributed by atoms with Crippen molar-refractivity contribution in [3.8, 4) is 0 Å². The monoisotopic (exact) mass is 224 g/mol. The number of thioether (sulfide) groups is 1. The number of aryl methyl sites for hydroxylation is 1. The highest BCUT2D eigenvalue weighted by Gasteiger charge is 2.08. The van der Waals surface area contributed by atoms with Crippen molar-refractivity contribution in [2.75, 3.05) is 5.75 Å². The molecule has 0 heterocycles.